The minimum Gasteiger partial charge on any atom is -0.496 e. The van der Waals surface area contributed by atoms with Crippen molar-refractivity contribution >= 4 is 22.4 Å². The summed E-state index contributed by atoms with van der Waals surface area (Å²) >= 11 is 1.52. The Kier molecular flexibility index (Phi) is 4.95. The van der Waals surface area contributed by atoms with Crippen molar-refractivity contribution in [2.75, 3.05) is 19.5 Å². The summed E-state index contributed by atoms with van der Waals surface area (Å²) in [5.41, 5.74) is 1.73. The lowest BCUT2D eigenvalue weighted by molar-refractivity contribution is -0.120. The van der Waals surface area contributed by atoms with Crippen LogP contribution < -0.4 is 15.4 Å². The van der Waals surface area contributed by atoms with Crippen molar-refractivity contribution in [1.29, 1.82) is 0 Å². The largest absolute Gasteiger partial charge is 0.496 e. The van der Waals surface area contributed by atoms with Crippen molar-refractivity contribution in [3.8, 4) is 5.75 Å². The van der Waals surface area contributed by atoms with Gasteiger partial charge in [0.25, 0.3) is 0 Å². The van der Waals surface area contributed by atoms with E-state index in [1.165, 1.54) is 11.3 Å². The minimum absolute atomic E-state index is 0.0477. The molecule has 0 spiro atoms. The van der Waals surface area contributed by atoms with E-state index in [-0.39, 0.29) is 5.91 Å². The quantitative estimate of drug-likeness (QED) is 0.855. The lowest BCUT2D eigenvalue weighted by atomic mass is 10.1. The van der Waals surface area contributed by atoms with Crippen LogP contribution in [0.3, 0.4) is 0 Å². The van der Waals surface area contributed by atoms with Gasteiger partial charge in [-0.3, -0.25) is 4.79 Å². The molecule has 2 N–H and O–H groups in total. The molecule has 1 amide bonds. The fraction of sp³-hybridized carbons (Fsp3) is 0.286. The molecule has 0 saturated heterocycles. The van der Waals surface area contributed by atoms with Crippen LogP contribution in [0.1, 0.15) is 11.3 Å². The molecule has 5 nitrogen and oxygen atoms in total. The van der Waals surface area contributed by atoms with Crippen LogP contribution in [-0.4, -0.2) is 25.0 Å². The highest BCUT2D eigenvalue weighted by Gasteiger charge is 2.08. The van der Waals surface area contributed by atoms with Gasteiger partial charge in [0.05, 0.1) is 25.8 Å². The number of ether oxygens (including phenoxy) is 1. The number of para-hydroxylation sites is 1. The van der Waals surface area contributed by atoms with Crippen LogP contribution in [0.15, 0.2) is 29.6 Å². The molecule has 0 unspecified atom stereocenters. The summed E-state index contributed by atoms with van der Waals surface area (Å²) in [5, 5.41) is 8.60. The van der Waals surface area contributed by atoms with Gasteiger partial charge < -0.3 is 15.4 Å². The third kappa shape index (κ3) is 3.71. The van der Waals surface area contributed by atoms with Gasteiger partial charge in [-0.25, -0.2) is 4.98 Å². The van der Waals surface area contributed by atoms with Gasteiger partial charge in [0.2, 0.25) is 5.91 Å². The van der Waals surface area contributed by atoms with Crippen LogP contribution in [0.4, 0.5) is 5.13 Å². The first-order valence-electron chi connectivity index (χ1n) is 6.23. The summed E-state index contributed by atoms with van der Waals surface area (Å²) in [6, 6.07) is 7.52. The molecule has 6 heteroatoms. The molecule has 1 aromatic carbocycles. The van der Waals surface area contributed by atoms with E-state index in [4.69, 9.17) is 4.74 Å². The average Bonchev–Trinajstić information content (AvgIpc) is 2.94. The maximum absolute atomic E-state index is 11.9. The van der Waals surface area contributed by atoms with Crippen molar-refractivity contribution in [2.24, 2.45) is 0 Å². The number of benzene rings is 1. The van der Waals surface area contributed by atoms with Gasteiger partial charge in [-0.15, -0.1) is 11.3 Å². The van der Waals surface area contributed by atoms with Crippen LogP contribution in [0.5, 0.6) is 5.75 Å². The maximum atomic E-state index is 11.9. The number of nitrogens with zero attached hydrogens (tertiary/aromatic N) is 1. The zero-order valence-electron chi connectivity index (χ0n) is 11.5. The number of hydrogen-bond donors (Lipinski definition) is 2. The lowest BCUT2D eigenvalue weighted by Crippen LogP contribution is -2.24. The Bertz CT molecular complexity index is 583. The Labute approximate surface area is 122 Å². The van der Waals surface area contributed by atoms with E-state index >= 15 is 0 Å². The van der Waals surface area contributed by atoms with Crippen LogP contribution in [0.2, 0.25) is 0 Å². The highest BCUT2D eigenvalue weighted by atomic mass is 32.1. The number of anilines is 1. The fourth-order valence-corrected chi connectivity index (χ4v) is 2.45. The van der Waals surface area contributed by atoms with E-state index in [0.29, 0.717) is 13.0 Å². The third-order valence-electron chi connectivity index (χ3n) is 2.78. The van der Waals surface area contributed by atoms with Gasteiger partial charge in [-0.1, -0.05) is 18.2 Å². The van der Waals surface area contributed by atoms with Gasteiger partial charge in [-0.2, -0.15) is 0 Å². The standard InChI is InChI=1S/C14H17N3O2S/c1-15-14-17-11(9-20-14)8-16-13(18)7-10-5-3-4-6-12(10)19-2/h3-6,9H,7-8H2,1-2H3,(H,15,17)(H,16,18). The SMILES string of the molecule is CNc1nc(CNC(=O)Cc2ccccc2OC)cs1. The number of nitrogens with one attached hydrogen (secondary N) is 2. The molecule has 0 fully saturated rings. The van der Waals surface area contributed by atoms with Crippen molar-refractivity contribution in [3.63, 3.8) is 0 Å². The number of carbonyl (C=O) groups excluding carboxylic acids is 1. The first-order valence-corrected chi connectivity index (χ1v) is 7.11. The molecule has 0 bridgehead atoms. The van der Waals surface area contributed by atoms with E-state index in [1.54, 1.807) is 7.11 Å². The normalized spacial score (nSPS) is 10.1. The predicted molar refractivity (Wildman–Crippen MR) is 80.2 cm³/mol. The van der Waals surface area contributed by atoms with Crippen molar-refractivity contribution in [3.05, 3.63) is 40.9 Å². The second-order valence-corrected chi connectivity index (χ2v) is 5.02. The molecule has 20 heavy (non-hydrogen) atoms. The van der Waals surface area contributed by atoms with Gasteiger partial charge >= 0.3 is 0 Å². The summed E-state index contributed by atoms with van der Waals surface area (Å²) in [6.07, 6.45) is 0.299. The summed E-state index contributed by atoms with van der Waals surface area (Å²) in [7, 11) is 3.42. The van der Waals surface area contributed by atoms with Crippen LogP contribution in [-0.2, 0) is 17.8 Å². The average molecular weight is 291 g/mol. The van der Waals surface area contributed by atoms with E-state index in [2.05, 4.69) is 15.6 Å². The molecule has 1 aromatic heterocycles. The minimum atomic E-state index is -0.0477. The molecule has 0 aliphatic carbocycles. The van der Waals surface area contributed by atoms with E-state index in [1.807, 2.05) is 36.7 Å². The molecule has 0 radical (unpaired) electrons. The number of aromatic nitrogens is 1. The monoisotopic (exact) mass is 291 g/mol. The molecule has 0 atom stereocenters. The predicted octanol–water partition coefficient (Wildman–Crippen LogP) is 2.05. The summed E-state index contributed by atoms with van der Waals surface area (Å²) < 4.78 is 5.23. The van der Waals surface area contributed by atoms with Crippen molar-refractivity contribution < 1.29 is 9.53 Å². The van der Waals surface area contributed by atoms with Crippen LogP contribution in [0.25, 0.3) is 0 Å². The van der Waals surface area contributed by atoms with Crippen molar-refractivity contribution in [2.45, 2.75) is 13.0 Å². The Morgan fingerprint density at radius 3 is 2.90 bits per heavy atom. The molecule has 2 rings (SSSR count). The number of methoxy groups -OCH3 is 1. The smallest absolute Gasteiger partial charge is 0.224 e. The van der Waals surface area contributed by atoms with Gasteiger partial charge in [0, 0.05) is 18.0 Å². The molecule has 0 aliphatic rings. The Balaban J connectivity index is 1.89. The number of hydrogen-bond acceptors (Lipinski definition) is 5. The van der Waals surface area contributed by atoms with E-state index in [0.717, 1.165) is 22.1 Å². The zero-order valence-corrected chi connectivity index (χ0v) is 12.3. The van der Waals surface area contributed by atoms with Crippen molar-refractivity contribution in [1.82, 2.24) is 10.3 Å². The number of amides is 1. The Hall–Kier alpha value is -2.08. The summed E-state index contributed by atoms with van der Waals surface area (Å²) in [5.74, 6) is 0.683. The van der Waals surface area contributed by atoms with Crippen LogP contribution >= 0.6 is 11.3 Å². The number of thiazole rings is 1. The van der Waals surface area contributed by atoms with Gasteiger partial charge in [0.15, 0.2) is 5.13 Å². The Morgan fingerprint density at radius 2 is 2.20 bits per heavy atom. The first kappa shape index (κ1) is 14.3. The molecular formula is C14H17N3O2S. The highest BCUT2D eigenvalue weighted by molar-refractivity contribution is 7.13. The number of rotatable bonds is 6. The van der Waals surface area contributed by atoms with Gasteiger partial charge in [0.1, 0.15) is 5.75 Å². The maximum Gasteiger partial charge on any atom is 0.224 e. The Morgan fingerprint density at radius 1 is 1.40 bits per heavy atom. The second-order valence-electron chi connectivity index (χ2n) is 4.16. The summed E-state index contributed by atoms with van der Waals surface area (Å²) in [6.45, 7) is 0.437. The topological polar surface area (TPSA) is 63.2 Å². The second kappa shape index (κ2) is 6.91. The third-order valence-corrected chi connectivity index (χ3v) is 3.68. The van der Waals surface area contributed by atoms with Gasteiger partial charge in [-0.05, 0) is 6.07 Å². The lowest BCUT2D eigenvalue weighted by Gasteiger charge is -2.08. The molecule has 0 saturated carbocycles. The molecule has 106 valence electrons. The molecular weight excluding hydrogens is 274 g/mol. The highest BCUT2D eigenvalue weighted by Crippen LogP contribution is 2.18. The zero-order chi connectivity index (χ0) is 14.4. The summed E-state index contributed by atoms with van der Waals surface area (Å²) in [4.78, 5) is 16.2. The molecule has 2 aromatic rings. The fourth-order valence-electron chi connectivity index (χ4n) is 1.78. The number of carbonyl (C=O) groups is 1. The van der Waals surface area contributed by atoms with E-state index < -0.39 is 0 Å². The molecule has 1 heterocycles. The molecule has 0 aliphatic heterocycles. The van der Waals surface area contributed by atoms with Crippen LogP contribution in [0, 0.1) is 0 Å². The van der Waals surface area contributed by atoms with E-state index in [9.17, 15) is 4.79 Å². The first-order chi connectivity index (χ1) is 9.72.